The first-order valence-electron chi connectivity index (χ1n) is 4.17. The molecule has 56 valence electrons. The van der Waals surface area contributed by atoms with Crippen molar-refractivity contribution >= 4 is 0 Å². The molecule has 0 spiro atoms. The maximum atomic E-state index is 2.25. The van der Waals surface area contributed by atoms with Crippen LogP contribution in [0.1, 0.15) is 12.8 Å². The van der Waals surface area contributed by atoms with Gasteiger partial charge in [0.15, 0.2) is 0 Å². The van der Waals surface area contributed by atoms with Gasteiger partial charge in [-0.2, -0.15) is 0 Å². The second-order valence-electron chi connectivity index (χ2n) is 3.00. The summed E-state index contributed by atoms with van der Waals surface area (Å²) in [6.45, 7) is 0. The molecule has 0 aromatic carbocycles. The lowest BCUT2D eigenvalue weighted by Gasteiger charge is -2.12. The summed E-state index contributed by atoms with van der Waals surface area (Å²) < 4.78 is 0. The van der Waals surface area contributed by atoms with E-state index < -0.39 is 0 Å². The van der Waals surface area contributed by atoms with Crippen LogP contribution in [0.5, 0.6) is 0 Å². The number of hydrogen-bond donors (Lipinski definition) is 0. The fourth-order valence-electron chi connectivity index (χ4n) is 1.58. The molecule has 0 heterocycles. The normalized spacial score (nSPS) is 22.7. The molecule has 0 unspecified atom stereocenters. The number of hydrogen-bond acceptors (Lipinski definition) is 0. The topological polar surface area (TPSA) is 0 Å². The molecule has 2 rings (SSSR count). The predicted molar refractivity (Wildman–Crippen MR) is 48.2 cm³/mol. The molecule has 0 aliphatic heterocycles. The quantitative estimate of drug-likeness (QED) is 0.530. The highest BCUT2D eigenvalue weighted by Gasteiger charge is 2.09. The fraction of sp³-hybridized carbons (Fsp3) is 0.273. The molecule has 0 heteroatoms. The van der Waals surface area contributed by atoms with E-state index in [-0.39, 0.29) is 0 Å². The van der Waals surface area contributed by atoms with Crippen LogP contribution in [-0.4, -0.2) is 0 Å². The molecule has 0 aromatic rings. The van der Waals surface area contributed by atoms with E-state index in [1.54, 1.807) is 5.57 Å². The minimum atomic E-state index is 0.597. The molecule has 0 nitrogen and oxygen atoms in total. The largest absolute Gasteiger partial charge is 0.0842 e. The summed E-state index contributed by atoms with van der Waals surface area (Å²) >= 11 is 0. The van der Waals surface area contributed by atoms with Crippen molar-refractivity contribution in [2.24, 2.45) is 5.92 Å². The van der Waals surface area contributed by atoms with E-state index in [1.165, 1.54) is 12.8 Å². The molecule has 0 fully saturated rings. The summed E-state index contributed by atoms with van der Waals surface area (Å²) in [5.74, 6) is 0.597. The molecule has 2 aliphatic carbocycles. The summed E-state index contributed by atoms with van der Waals surface area (Å²) in [5.41, 5.74) is 1.55. The van der Waals surface area contributed by atoms with Gasteiger partial charge in [-0.15, -0.1) is 0 Å². The zero-order valence-electron chi connectivity index (χ0n) is 6.53. The van der Waals surface area contributed by atoms with E-state index in [4.69, 9.17) is 0 Å². The van der Waals surface area contributed by atoms with Gasteiger partial charge in [-0.1, -0.05) is 48.1 Å². The third-order valence-electron chi connectivity index (χ3n) is 2.22. The maximum Gasteiger partial charge on any atom is 0.0166 e. The molecule has 11 heavy (non-hydrogen) atoms. The Hall–Kier alpha value is -1.04. The first kappa shape index (κ1) is 6.66. The van der Waals surface area contributed by atoms with Gasteiger partial charge >= 0.3 is 0 Å². The molecule has 2 aliphatic rings. The molecule has 0 bridgehead atoms. The van der Waals surface area contributed by atoms with Gasteiger partial charge in [0.25, 0.3) is 0 Å². The molecule has 0 saturated carbocycles. The van der Waals surface area contributed by atoms with Gasteiger partial charge in [0.2, 0.25) is 0 Å². The minimum Gasteiger partial charge on any atom is -0.0842 e. The monoisotopic (exact) mass is 144 g/mol. The van der Waals surface area contributed by atoms with Crippen LogP contribution >= 0.6 is 0 Å². The lowest BCUT2D eigenvalue weighted by Crippen LogP contribution is -1.97. The van der Waals surface area contributed by atoms with Crippen LogP contribution < -0.4 is 0 Å². The van der Waals surface area contributed by atoms with Crippen LogP contribution in [0.15, 0.2) is 48.1 Å². The fourth-order valence-corrected chi connectivity index (χ4v) is 1.58. The number of allylic oxidation sites excluding steroid dienone is 8. The zero-order chi connectivity index (χ0) is 7.52. The first-order chi connectivity index (χ1) is 5.47. The second-order valence-corrected chi connectivity index (χ2v) is 3.00. The van der Waals surface area contributed by atoms with Crippen molar-refractivity contribution in [2.45, 2.75) is 12.8 Å². The molecule has 0 aromatic heterocycles. The van der Waals surface area contributed by atoms with Gasteiger partial charge in [-0.05, 0) is 12.8 Å². The Morgan fingerprint density at radius 3 is 2.55 bits per heavy atom. The van der Waals surface area contributed by atoms with Gasteiger partial charge in [0.1, 0.15) is 0 Å². The van der Waals surface area contributed by atoms with E-state index in [0.29, 0.717) is 5.92 Å². The van der Waals surface area contributed by atoms with Crippen LogP contribution in [0, 0.1) is 5.92 Å². The van der Waals surface area contributed by atoms with Crippen molar-refractivity contribution in [3.63, 3.8) is 0 Å². The Morgan fingerprint density at radius 1 is 1.09 bits per heavy atom. The summed E-state index contributed by atoms with van der Waals surface area (Å²) in [6, 6.07) is 0. The molecular formula is C11H12. The lowest BCUT2D eigenvalue weighted by atomic mass is 9.93. The molecular weight excluding hydrogens is 132 g/mol. The van der Waals surface area contributed by atoms with Crippen molar-refractivity contribution in [2.75, 3.05) is 0 Å². The highest BCUT2D eigenvalue weighted by atomic mass is 14.1. The third-order valence-corrected chi connectivity index (χ3v) is 2.22. The minimum absolute atomic E-state index is 0.597. The van der Waals surface area contributed by atoms with Crippen molar-refractivity contribution in [3.8, 4) is 0 Å². The molecule has 0 atom stereocenters. The van der Waals surface area contributed by atoms with Crippen molar-refractivity contribution in [1.29, 1.82) is 0 Å². The summed E-state index contributed by atoms with van der Waals surface area (Å²) in [4.78, 5) is 0. The van der Waals surface area contributed by atoms with Crippen molar-refractivity contribution in [3.05, 3.63) is 48.1 Å². The van der Waals surface area contributed by atoms with Crippen LogP contribution in [0.2, 0.25) is 0 Å². The van der Waals surface area contributed by atoms with Crippen molar-refractivity contribution < 1.29 is 0 Å². The SMILES string of the molecule is C1=CCCC(C2C=CC=C2)=C1. The molecule has 0 saturated heterocycles. The van der Waals surface area contributed by atoms with Crippen LogP contribution in [0.4, 0.5) is 0 Å². The second kappa shape index (κ2) is 2.91. The Kier molecular flexibility index (Phi) is 1.76. The van der Waals surface area contributed by atoms with Gasteiger partial charge in [-0.3, -0.25) is 0 Å². The highest BCUT2D eigenvalue weighted by molar-refractivity contribution is 5.32. The van der Waals surface area contributed by atoms with Crippen LogP contribution in [-0.2, 0) is 0 Å². The van der Waals surface area contributed by atoms with E-state index in [2.05, 4.69) is 42.5 Å². The predicted octanol–water partition coefficient (Wildman–Crippen LogP) is 3.01. The average Bonchev–Trinajstić information content (AvgIpc) is 2.58. The van der Waals surface area contributed by atoms with Gasteiger partial charge in [0.05, 0.1) is 0 Å². The Bertz CT molecular complexity index is 239. The highest BCUT2D eigenvalue weighted by Crippen LogP contribution is 2.25. The summed E-state index contributed by atoms with van der Waals surface area (Å²) in [7, 11) is 0. The van der Waals surface area contributed by atoms with E-state index in [1.807, 2.05) is 0 Å². The molecule has 0 radical (unpaired) electrons. The van der Waals surface area contributed by atoms with Gasteiger partial charge < -0.3 is 0 Å². The summed E-state index contributed by atoms with van der Waals surface area (Å²) in [6.07, 6.45) is 17.8. The average molecular weight is 144 g/mol. The standard InChI is InChI=1S/C11H12/c1-2-6-10(7-3-1)11-8-4-5-9-11/h1-2,4-6,8-9,11H,3,7H2. The van der Waals surface area contributed by atoms with E-state index in [0.717, 1.165) is 0 Å². The van der Waals surface area contributed by atoms with E-state index >= 15 is 0 Å². The Balaban J connectivity index is 2.15. The van der Waals surface area contributed by atoms with Gasteiger partial charge in [-0.25, -0.2) is 0 Å². The number of rotatable bonds is 1. The smallest absolute Gasteiger partial charge is 0.0166 e. The Labute approximate surface area is 67.6 Å². The van der Waals surface area contributed by atoms with Crippen LogP contribution in [0.25, 0.3) is 0 Å². The summed E-state index contributed by atoms with van der Waals surface area (Å²) in [5, 5.41) is 0. The van der Waals surface area contributed by atoms with Crippen molar-refractivity contribution in [1.82, 2.24) is 0 Å². The zero-order valence-corrected chi connectivity index (χ0v) is 6.53. The Morgan fingerprint density at radius 2 is 1.91 bits per heavy atom. The van der Waals surface area contributed by atoms with E-state index in [9.17, 15) is 0 Å². The third kappa shape index (κ3) is 1.35. The van der Waals surface area contributed by atoms with Crippen LogP contribution in [0.3, 0.4) is 0 Å². The first-order valence-corrected chi connectivity index (χ1v) is 4.17. The molecule has 0 N–H and O–H groups in total. The maximum absolute atomic E-state index is 2.25. The molecule has 0 amide bonds. The van der Waals surface area contributed by atoms with Gasteiger partial charge in [0, 0.05) is 5.92 Å². The lowest BCUT2D eigenvalue weighted by molar-refractivity contribution is 0.840.